The highest BCUT2D eigenvalue weighted by Gasteiger charge is 2.32. The van der Waals surface area contributed by atoms with Crippen LogP contribution in [0.3, 0.4) is 0 Å². The molecular formula is C19H23Cl4N3O2. The second-order valence-corrected chi connectivity index (χ2v) is 7.18. The van der Waals surface area contributed by atoms with Gasteiger partial charge in [0.15, 0.2) is 0 Å². The molecule has 1 aliphatic rings. The van der Waals surface area contributed by atoms with Crippen molar-refractivity contribution >= 4 is 53.9 Å². The number of aliphatic hydroxyl groups excluding tert-OH is 1. The summed E-state index contributed by atoms with van der Waals surface area (Å²) in [5.41, 5.74) is 1.54. The fourth-order valence-corrected chi connectivity index (χ4v) is 3.42. The number of amides is 1. The molecule has 0 saturated carbocycles. The van der Waals surface area contributed by atoms with Crippen molar-refractivity contribution in [2.24, 2.45) is 0 Å². The number of carbonyl (C=O) groups excluding carboxylic acids is 1. The quantitative estimate of drug-likeness (QED) is 0.673. The molecule has 2 aromatic rings. The summed E-state index contributed by atoms with van der Waals surface area (Å²) in [6.07, 6.45) is 4.24. The van der Waals surface area contributed by atoms with Crippen LogP contribution in [0.4, 0.5) is 0 Å². The topological polar surface area (TPSA) is 65.5 Å². The van der Waals surface area contributed by atoms with Crippen LogP contribution in [0.15, 0.2) is 42.7 Å². The van der Waals surface area contributed by atoms with E-state index in [-0.39, 0.29) is 30.7 Å². The zero-order valence-electron chi connectivity index (χ0n) is 15.1. The number of carbonyl (C=O) groups is 1. The molecule has 0 aliphatic carbocycles. The van der Waals surface area contributed by atoms with E-state index in [0.717, 1.165) is 31.5 Å². The minimum Gasteiger partial charge on any atom is -0.386 e. The Morgan fingerprint density at radius 2 is 1.75 bits per heavy atom. The number of aliphatic hydroxyl groups is 1. The number of hydrogen-bond acceptors (Lipinski definition) is 4. The maximum atomic E-state index is 12.9. The Labute approximate surface area is 187 Å². The standard InChI is InChI=1S/C19H21Cl2N3O2.2ClH/c20-15-4-3-13(11-16(15)21)12-23-17(19(26)24-9-1-2-10-24)18(25)14-5-7-22-8-6-14;;/h3-8,11,17-18,23,25H,1-2,9-10,12H2;2*1H/t17-,18+;;/m0../s1. The molecule has 2 heterocycles. The van der Waals surface area contributed by atoms with Crippen LogP contribution in [0.25, 0.3) is 0 Å². The van der Waals surface area contributed by atoms with E-state index in [4.69, 9.17) is 23.2 Å². The number of hydrogen-bond donors (Lipinski definition) is 2. The molecule has 0 radical (unpaired) electrons. The average Bonchev–Trinajstić information content (AvgIpc) is 3.20. The van der Waals surface area contributed by atoms with Crippen molar-refractivity contribution in [1.82, 2.24) is 15.2 Å². The van der Waals surface area contributed by atoms with Gasteiger partial charge < -0.3 is 10.0 Å². The summed E-state index contributed by atoms with van der Waals surface area (Å²) in [6, 6.07) is 8.01. The third-order valence-corrected chi connectivity index (χ3v) is 5.30. The van der Waals surface area contributed by atoms with Gasteiger partial charge in [0, 0.05) is 32.0 Å². The van der Waals surface area contributed by atoms with Crippen molar-refractivity contribution in [2.75, 3.05) is 13.1 Å². The molecule has 3 rings (SSSR count). The van der Waals surface area contributed by atoms with Crippen molar-refractivity contribution in [3.05, 3.63) is 63.9 Å². The Bertz CT molecular complexity index is 758. The first-order chi connectivity index (χ1) is 12.6. The molecule has 1 aromatic carbocycles. The molecule has 0 spiro atoms. The molecule has 0 bridgehead atoms. The highest BCUT2D eigenvalue weighted by atomic mass is 35.5. The van der Waals surface area contributed by atoms with Gasteiger partial charge in [0.05, 0.1) is 10.0 Å². The summed E-state index contributed by atoms with van der Waals surface area (Å²) < 4.78 is 0. The Balaban J connectivity index is 0.00000196. The van der Waals surface area contributed by atoms with Gasteiger partial charge in [0.2, 0.25) is 5.91 Å². The van der Waals surface area contributed by atoms with Crippen LogP contribution >= 0.6 is 48.0 Å². The second-order valence-electron chi connectivity index (χ2n) is 6.36. The van der Waals surface area contributed by atoms with Crippen molar-refractivity contribution in [3.8, 4) is 0 Å². The number of halogens is 4. The number of nitrogens with zero attached hydrogens (tertiary/aromatic N) is 2. The van der Waals surface area contributed by atoms with E-state index in [1.807, 2.05) is 6.07 Å². The first-order valence-corrected chi connectivity index (χ1v) is 9.36. The molecule has 28 heavy (non-hydrogen) atoms. The van der Waals surface area contributed by atoms with Gasteiger partial charge in [-0.3, -0.25) is 15.1 Å². The van der Waals surface area contributed by atoms with Crippen LogP contribution in [0.5, 0.6) is 0 Å². The normalized spacial score (nSPS) is 15.3. The van der Waals surface area contributed by atoms with Crippen LogP contribution < -0.4 is 5.32 Å². The molecule has 154 valence electrons. The summed E-state index contributed by atoms with van der Waals surface area (Å²) in [4.78, 5) is 18.7. The number of aromatic nitrogens is 1. The maximum absolute atomic E-state index is 12.9. The lowest BCUT2D eigenvalue weighted by Crippen LogP contribution is -2.48. The SMILES string of the molecule is Cl.Cl.O=C([C@@H](NCc1ccc(Cl)c(Cl)c1)[C@H](O)c1ccncc1)N1CCCC1. The molecule has 5 nitrogen and oxygen atoms in total. The van der Waals surface area contributed by atoms with Gasteiger partial charge in [-0.25, -0.2) is 0 Å². The van der Waals surface area contributed by atoms with Crippen LogP contribution in [-0.2, 0) is 11.3 Å². The van der Waals surface area contributed by atoms with Crippen LogP contribution in [-0.4, -0.2) is 40.0 Å². The number of pyridine rings is 1. The first kappa shape index (κ1) is 25.0. The molecule has 1 aromatic heterocycles. The number of rotatable bonds is 6. The van der Waals surface area contributed by atoms with Crippen molar-refractivity contribution in [2.45, 2.75) is 31.5 Å². The predicted molar refractivity (Wildman–Crippen MR) is 117 cm³/mol. The van der Waals surface area contributed by atoms with E-state index >= 15 is 0 Å². The molecule has 1 aliphatic heterocycles. The molecular weight excluding hydrogens is 444 g/mol. The summed E-state index contributed by atoms with van der Waals surface area (Å²) in [6.45, 7) is 1.85. The van der Waals surface area contributed by atoms with Crippen molar-refractivity contribution in [3.63, 3.8) is 0 Å². The van der Waals surface area contributed by atoms with Crippen LogP contribution in [0.2, 0.25) is 10.0 Å². The van der Waals surface area contributed by atoms with E-state index in [2.05, 4.69) is 10.3 Å². The van der Waals surface area contributed by atoms with E-state index < -0.39 is 12.1 Å². The summed E-state index contributed by atoms with van der Waals surface area (Å²) in [5.74, 6) is -0.0909. The van der Waals surface area contributed by atoms with Crippen molar-refractivity contribution < 1.29 is 9.90 Å². The largest absolute Gasteiger partial charge is 0.386 e. The van der Waals surface area contributed by atoms with Crippen molar-refractivity contribution in [1.29, 1.82) is 0 Å². The monoisotopic (exact) mass is 465 g/mol. The number of likely N-dealkylation sites (tertiary alicyclic amines) is 1. The lowest BCUT2D eigenvalue weighted by molar-refractivity contribution is -0.135. The third kappa shape index (κ3) is 6.21. The highest BCUT2D eigenvalue weighted by Crippen LogP contribution is 2.24. The molecule has 2 N–H and O–H groups in total. The molecule has 1 amide bonds. The lowest BCUT2D eigenvalue weighted by atomic mass is 10.0. The maximum Gasteiger partial charge on any atom is 0.242 e. The first-order valence-electron chi connectivity index (χ1n) is 8.60. The third-order valence-electron chi connectivity index (χ3n) is 4.56. The van der Waals surface area contributed by atoms with Gasteiger partial charge in [-0.15, -0.1) is 24.8 Å². The minimum atomic E-state index is -0.964. The minimum absolute atomic E-state index is 0. The molecule has 1 fully saturated rings. The van der Waals surface area contributed by atoms with Gasteiger partial charge in [-0.05, 0) is 48.2 Å². The number of benzene rings is 1. The Hall–Kier alpha value is -1.08. The second kappa shape index (κ2) is 11.8. The molecule has 9 heteroatoms. The van der Waals surface area contributed by atoms with Gasteiger partial charge >= 0.3 is 0 Å². The molecule has 2 atom stereocenters. The predicted octanol–water partition coefficient (Wildman–Crippen LogP) is 4.05. The molecule has 1 saturated heterocycles. The van der Waals surface area contributed by atoms with E-state index in [1.165, 1.54) is 0 Å². The molecule has 0 unspecified atom stereocenters. The Morgan fingerprint density at radius 1 is 1.11 bits per heavy atom. The highest BCUT2D eigenvalue weighted by molar-refractivity contribution is 6.42. The smallest absolute Gasteiger partial charge is 0.242 e. The Kier molecular flexibility index (Phi) is 10.5. The zero-order valence-corrected chi connectivity index (χ0v) is 18.2. The van der Waals surface area contributed by atoms with Gasteiger partial charge in [-0.1, -0.05) is 29.3 Å². The van der Waals surface area contributed by atoms with Gasteiger partial charge in [0.1, 0.15) is 12.1 Å². The zero-order chi connectivity index (χ0) is 18.5. The number of nitrogens with one attached hydrogen (secondary N) is 1. The van der Waals surface area contributed by atoms with Gasteiger partial charge in [0.25, 0.3) is 0 Å². The van der Waals surface area contributed by atoms with E-state index in [9.17, 15) is 9.90 Å². The summed E-state index contributed by atoms with van der Waals surface area (Å²) in [7, 11) is 0. The summed E-state index contributed by atoms with van der Waals surface area (Å²) in [5, 5.41) is 14.9. The fraction of sp³-hybridized carbons (Fsp3) is 0.368. The Morgan fingerprint density at radius 3 is 2.36 bits per heavy atom. The van der Waals surface area contributed by atoms with E-state index in [1.54, 1.807) is 41.6 Å². The fourth-order valence-electron chi connectivity index (χ4n) is 3.10. The van der Waals surface area contributed by atoms with Gasteiger partial charge in [-0.2, -0.15) is 0 Å². The summed E-state index contributed by atoms with van der Waals surface area (Å²) >= 11 is 12.0. The average molecular weight is 467 g/mol. The van der Waals surface area contributed by atoms with E-state index in [0.29, 0.717) is 22.2 Å². The lowest BCUT2D eigenvalue weighted by Gasteiger charge is -2.28. The van der Waals surface area contributed by atoms with Crippen LogP contribution in [0, 0.1) is 0 Å². The van der Waals surface area contributed by atoms with Crippen LogP contribution in [0.1, 0.15) is 30.1 Å².